The van der Waals surface area contributed by atoms with Crippen LogP contribution in [-0.2, 0) is 20.0 Å². The Morgan fingerprint density at radius 2 is 2.18 bits per heavy atom. The van der Waals surface area contributed by atoms with E-state index < -0.39 is 4.92 Å². The molecule has 0 amide bonds. The summed E-state index contributed by atoms with van der Waals surface area (Å²) in [5.74, 6) is 0.383. The van der Waals surface area contributed by atoms with Crippen molar-refractivity contribution in [3.05, 3.63) is 45.9 Å². The number of hydrogen-bond acceptors (Lipinski definition) is 6. The predicted octanol–water partition coefficient (Wildman–Crippen LogP) is 1.55. The number of hydrogen-bond donors (Lipinski definition) is 1. The van der Waals surface area contributed by atoms with Crippen molar-refractivity contribution in [2.45, 2.75) is 19.9 Å². The molecule has 0 spiro atoms. The van der Waals surface area contributed by atoms with Crippen LogP contribution >= 0.6 is 0 Å². The van der Waals surface area contributed by atoms with Gasteiger partial charge in [-0.15, -0.1) is 0 Å². The first-order valence-corrected chi connectivity index (χ1v) is 6.83. The Labute approximate surface area is 125 Å². The normalized spacial score (nSPS) is 11.0. The molecule has 22 heavy (non-hydrogen) atoms. The van der Waals surface area contributed by atoms with E-state index in [1.165, 1.54) is 10.7 Å². The summed E-state index contributed by atoms with van der Waals surface area (Å²) >= 11 is 0. The molecule has 0 aliphatic carbocycles. The minimum Gasteiger partial charge on any atom is -0.363 e. The Bertz CT molecular complexity index is 836. The number of aryl methyl sites for hydroxylation is 2. The van der Waals surface area contributed by atoms with Crippen molar-refractivity contribution in [3.8, 4) is 0 Å². The van der Waals surface area contributed by atoms with E-state index in [4.69, 9.17) is 0 Å². The molecule has 3 rings (SSSR count). The van der Waals surface area contributed by atoms with Gasteiger partial charge in [0.1, 0.15) is 6.20 Å². The maximum atomic E-state index is 10.9. The molecule has 1 N–H and O–H groups in total. The number of nitrogens with one attached hydrogen (secondary N) is 1. The lowest BCUT2D eigenvalue weighted by Crippen LogP contribution is -2.06. The van der Waals surface area contributed by atoms with E-state index in [-0.39, 0.29) is 5.82 Å². The highest BCUT2D eigenvalue weighted by atomic mass is 16.6. The fourth-order valence-corrected chi connectivity index (χ4v) is 2.29. The van der Waals surface area contributed by atoms with Crippen LogP contribution in [0, 0.1) is 10.1 Å². The van der Waals surface area contributed by atoms with Crippen LogP contribution < -0.4 is 5.32 Å². The van der Waals surface area contributed by atoms with Gasteiger partial charge in [0.15, 0.2) is 5.82 Å². The molecule has 3 aromatic heterocycles. The number of nitrogens with zero attached hydrogens (tertiary/aromatic N) is 6. The lowest BCUT2D eigenvalue weighted by Gasteiger charge is -2.03. The zero-order chi connectivity index (χ0) is 15.7. The van der Waals surface area contributed by atoms with Crippen LogP contribution in [0.3, 0.4) is 0 Å². The Morgan fingerprint density at radius 3 is 2.91 bits per heavy atom. The summed E-state index contributed by atoms with van der Waals surface area (Å²) in [6.45, 7) is 2.60. The average Bonchev–Trinajstić information content (AvgIpc) is 3.07. The van der Waals surface area contributed by atoms with Gasteiger partial charge in [-0.1, -0.05) is 16.5 Å². The molecular weight excluding hydrogens is 286 g/mol. The fraction of sp³-hybridized carbons (Fsp3) is 0.308. The monoisotopic (exact) mass is 301 g/mol. The molecule has 0 saturated carbocycles. The van der Waals surface area contributed by atoms with Crippen LogP contribution in [0.2, 0.25) is 0 Å². The Hall–Kier alpha value is -2.97. The summed E-state index contributed by atoms with van der Waals surface area (Å²) < 4.78 is 2.99. The van der Waals surface area contributed by atoms with E-state index in [9.17, 15) is 10.1 Å². The van der Waals surface area contributed by atoms with Crippen molar-refractivity contribution in [2.75, 3.05) is 5.32 Å². The fourth-order valence-electron chi connectivity index (χ4n) is 2.29. The Balaban J connectivity index is 1.84. The maximum Gasteiger partial charge on any atom is 0.368 e. The van der Waals surface area contributed by atoms with Gasteiger partial charge in [-0.2, -0.15) is 5.10 Å². The molecule has 0 bridgehead atoms. The van der Waals surface area contributed by atoms with Crippen LogP contribution in [0.4, 0.5) is 11.6 Å². The largest absolute Gasteiger partial charge is 0.368 e. The first kappa shape index (κ1) is 14.0. The number of nitro groups is 1. The van der Waals surface area contributed by atoms with E-state index in [2.05, 4.69) is 20.5 Å². The molecule has 9 nitrogen and oxygen atoms in total. The third kappa shape index (κ3) is 2.48. The van der Waals surface area contributed by atoms with Crippen LogP contribution in [0.25, 0.3) is 5.65 Å². The minimum absolute atomic E-state index is 0.158. The van der Waals surface area contributed by atoms with Crippen molar-refractivity contribution >= 4 is 17.3 Å². The van der Waals surface area contributed by atoms with Crippen molar-refractivity contribution in [2.24, 2.45) is 7.05 Å². The van der Waals surface area contributed by atoms with Gasteiger partial charge in [0, 0.05) is 31.4 Å². The molecule has 3 heterocycles. The van der Waals surface area contributed by atoms with Gasteiger partial charge in [0.05, 0.1) is 5.69 Å². The van der Waals surface area contributed by atoms with E-state index in [1.807, 2.05) is 20.2 Å². The van der Waals surface area contributed by atoms with Crippen LogP contribution in [0.1, 0.15) is 18.2 Å². The number of fused-ring (bicyclic) bond motifs is 1. The molecule has 0 aliphatic heterocycles. The van der Waals surface area contributed by atoms with E-state index in [0.29, 0.717) is 18.0 Å². The molecule has 9 heteroatoms. The number of anilines is 1. The van der Waals surface area contributed by atoms with Crippen molar-refractivity contribution in [1.29, 1.82) is 0 Å². The predicted molar refractivity (Wildman–Crippen MR) is 79.6 cm³/mol. The Morgan fingerprint density at radius 1 is 1.36 bits per heavy atom. The van der Waals surface area contributed by atoms with Gasteiger partial charge >= 0.3 is 5.82 Å². The zero-order valence-corrected chi connectivity index (χ0v) is 12.2. The summed E-state index contributed by atoms with van der Waals surface area (Å²) in [6, 6.07) is 3.43. The van der Waals surface area contributed by atoms with E-state index >= 15 is 0 Å². The third-order valence-corrected chi connectivity index (χ3v) is 3.32. The third-order valence-electron chi connectivity index (χ3n) is 3.32. The summed E-state index contributed by atoms with van der Waals surface area (Å²) in [7, 11) is 1.88. The summed E-state index contributed by atoms with van der Waals surface area (Å²) in [4.78, 5) is 14.4. The summed E-state index contributed by atoms with van der Waals surface area (Å²) in [5, 5.41) is 22.7. The first-order chi connectivity index (χ1) is 10.6. The molecule has 0 aliphatic rings. The van der Waals surface area contributed by atoms with E-state index in [0.717, 1.165) is 17.7 Å². The number of imidazole rings is 1. The van der Waals surface area contributed by atoms with Gasteiger partial charge in [-0.25, -0.2) is 4.98 Å². The summed E-state index contributed by atoms with van der Waals surface area (Å²) in [5.41, 5.74) is 2.53. The molecule has 0 atom stereocenters. The van der Waals surface area contributed by atoms with Crippen LogP contribution in [-0.4, -0.2) is 29.3 Å². The molecule has 114 valence electrons. The molecular formula is C13H15N7O2. The van der Waals surface area contributed by atoms with Crippen LogP contribution in [0.5, 0.6) is 0 Å². The van der Waals surface area contributed by atoms with Gasteiger partial charge in [-0.3, -0.25) is 4.68 Å². The number of aromatic nitrogens is 5. The van der Waals surface area contributed by atoms with Gasteiger partial charge < -0.3 is 15.4 Å². The zero-order valence-electron chi connectivity index (χ0n) is 12.2. The van der Waals surface area contributed by atoms with Crippen molar-refractivity contribution in [3.63, 3.8) is 0 Å². The Kier molecular flexibility index (Phi) is 3.45. The molecule has 0 unspecified atom stereocenters. The minimum atomic E-state index is -0.507. The molecule has 3 aromatic rings. The summed E-state index contributed by atoms with van der Waals surface area (Å²) in [6.07, 6.45) is 3.99. The lowest BCUT2D eigenvalue weighted by atomic mass is 10.2. The first-order valence-electron chi connectivity index (χ1n) is 6.83. The molecule has 0 saturated heterocycles. The molecule has 0 fully saturated rings. The van der Waals surface area contributed by atoms with Gasteiger partial charge in [-0.05, 0) is 17.4 Å². The highest BCUT2D eigenvalue weighted by Crippen LogP contribution is 2.16. The highest BCUT2D eigenvalue weighted by molar-refractivity contribution is 5.48. The topological polar surface area (TPSA) is 103 Å². The SMILES string of the molecule is CCc1nn(C)cc1CNc1ccc2ncc([N+](=O)[O-])n2n1. The second-order valence-electron chi connectivity index (χ2n) is 4.84. The standard InChI is InChI=1S/C13H15N7O2/c1-3-10-9(8-18(2)16-10)6-14-11-4-5-12-15-7-13(20(21)22)19(12)17-11/h4-5,7-8H,3,6H2,1-2H3,(H,14,17). The lowest BCUT2D eigenvalue weighted by molar-refractivity contribution is -0.391. The van der Waals surface area contributed by atoms with Gasteiger partial charge in [0.25, 0.3) is 0 Å². The quantitative estimate of drug-likeness (QED) is 0.566. The smallest absolute Gasteiger partial charge is 0.363 e. The van der Waals surface area contributed by atoms with Gasteiger partial charge in [0.2, 0.25) is 5.65 Å². The highest BCUT2D eigenvalue weighted by Gasteiger charge is 2.16. The second kappa shape index (κ2) is 5.43. The van der Waals surface area contributed by atoms with Crippen molar-refractivity contribution in [1.82, 2.24) is 24.4 Å². The molecule has 0 radical (unpaired) electrons. The number of rotatable bonds is 5. The average molecular weight is 301 g/mol. The van der Waals surface area contributed by atoms with Crippen molar-refractivity contribution < 1.29 is 4.92 Å². The maximum absolute atomic E-state index is 10.9. The molecule has 0 aromatic carbocycles. The second-order valence-corrected chi connectivity index (χ2v) is 4.84. The van der Waals surface area contributed by atoms with Crippen LogP contribution in [0.15, 0.2) is 24.5 Å². The van der Waals surface area contributed by atoms with E-state index in [1.54, 1.807) is 16.8 Å².